The Kier molecular flexibility index (Phi) is 7.17. The standard InChI is InChI=1S/C24H17Cl3F3N3O2/c25-17-10-16(11-18(26)12-17)23(24(28,29)30)13-21(33-35-23)15-6-7-19(27)20(9-15)31-32-22(34)8-14-4-2-1-3-5-14/h1-7,9-12,31H,8,13H2,(H,32,34). The summed E-state index contributed by atoms with van der Waals surface area (Å²) in [5.41, 5.74) is 3.68. The van der Waals surface area contributed by atoms with Crippen molar-refractivity contribution < 1.29 is 22.8 Å². The molecular weight excluding hydrogens is 526 g/mol. The second-order valence-corrected chi connectivity index (χ2v) is 9.10. The largest absolute Gasteiger partial charge is 0.435 e. The van der Waals surface area contributed by atoms with Crippen LogP contribution >= 0.6 is 34.8 Å². The fourth-order valence-electron chi connectivity index (χ4n) is 3.61. The molecule has 0 spiro atoms. The van der Waals surface area contributed by atoms with E-state index in [1.54, 1.807) is 0 Å². The maximum atomic E-state index is 14.2. The molecule has 1 heterocycles. The number of rotatable bonds is 6. The Morgan fingerprint density at radius 2 is 1.69 bits per heavy atom. The van der Waals surface area contributed by atoms with Gasteiger partial charge in [0.25, 0.3) is 5.60 Å². The van der Waals surface area contributed by atoms with Crippen LogP contribution in [-0.4, -0.2) is 17.8 Å². The number of alkyl halides is 3. The molecule has 0 fully saturated rings. The second-order valence-electron chi connectivity index (χ2n) is 7.82. The van der Waals surface area contributed by atoms with Crippen molar-refractivity contribution in [3.8, 4) is 0 Å². The van der Waals surface area contributed by atoms with Crippen molar-refractivity contribution in [1.29, 1.82) is 0 Å². The van der Waals surface area contributed by atoms with E-state index in [-0.39, 0.29) is 44.4 Å². The van der Waals surface area contributed by atoms with Gasteiger partial charge in [0.05, 0.1) is 22.8 Å². The van der Waals surface area contributed by atoms with Gasteiger partial charge in [-0.05, 0) is 35.9 Å². The highest BCUT2D eigenvalue weighted by Crippen LogP contribution is 2.49. The molecule has 182 valence electrons. The number of hydrazine groups is 1. The molecule has 0 saturated heterocycles. The Labute approximate surface area is 213 Å². The molecule has 2 N–H and O–H groups in total. The van der Waals surface area contributed by atoms with Crippen molar-refractivity contribution in [3.63, 3.8) is 0 Å². The van der Waals surface area contributed by atoms with E-state index in [1.165, 1.54) is 24.3 Å². The summed E-state index contributed by atoms with van der Waals surface area (Å²) in [5, 5.41) is 4.06. The van der Waals surface area contributed by atoms with Gasteiger partial charge in [-0.15, -0.1) is 0 Å². The molecule has 0 radical (unpaired) electrons. The van der Waals surface area contributed by atoms with Crippen molar-refractivity contribution in [2.45, 2.75) is 24.6 Å². The van der Waals surface area contributed by atoms with Crippen LogP contribution in [0.25, 0.3) is 0 Å². The van der Waals surface area contributed by atoms with Crippen LogP contribution in [0.1, 0.15) is 23.1 Å². The van der Waals surface area contributed by atoms with Gasteiger partial charge in [-0.3, -0.25) is 15.6 Å². The zero-order valence-corrected chi connectivity index (χ0v) is 20.1. The Bertz CT molecular complexity index is 1270. The van der Waals surface area contributed by atoms with Gasteiger partial charge in [0.2, 0.25) is 5.91 Å². The first-order valence-corrected chi connectivity index (χ1v) is 11.4. The van der Waals surface area contributed by atoms with E-state index >= 15 is 0 Å². The average Bonchev–Trinajstić information content (AvgIpc) is 3.26. The average molecular weight is 543 g/mol. The first-order valence-electron chi connectivity index (χ1n) is 10.2. The third kappa shape index (κ3) is 5.50. The number of carbonyl (C=O) groups is 1. The summed E-state index contributed by atoms with van der Waals surface area (Å²) in [7, 11) is 0. The Morgan fingerprint density at radius 3 is 2.34 bits per heavy atom. The number of halogens is 6. The lowest BCUT2D eigenvalue weighted by Gasteiger charge is -2.29. The van der Waals surface area contributed by atoms with E-state index in [0.29, 0.717) is 5.56 Å². The van der Waals surface area contributed by atoms with Crippen molar-refractivity contribution in [1.82, 2.24) is 5.43 Å². The molecule has 1 amide bonds. The number of nitrogens with one attached hydrogen (secondary N) is 2. The number of amides is 1. The van der Waals surface area contributed by atoms with Crippen LogP contribution in [0, 0.1) is 0 Å². The molecule has 1 unspecified atom stereocenters. The van der Waals surface area contributed by atoms with Gasteiger partial charge in [0.15, 0.2) is 0 Å². The van der Waals surface area contributed by atoms with Crippen molar-refractivity contribution in [3.05, 3.63) is 98.5 Å². The van der Waals surface area contributed by atoms with Gasteiger partial charge in [0.1, 0.15) is 0 Å². The third-order valence-corrected chi connectivity index (χ3v) is 6.12. The van der Waals surface area contributed by atoms with Gasteiger partial charge in [-0.2, -0.15) is 13.2 Å². The Hall–Kier alpha value is -2.94. The predicted octanol–water partition coefficient (Wildman–Crippen LogP) is 6.91. The minimum absolute atomic E-state index is 0.0359. The number of oxime groups is 1. The summed E-state index contributed by atoms with van der Waals surface area (Å²) in [6.07, 6.45) is -5.30. The van der Waals surface area contributed by atoms with E-state index < -0.39 is 18.2 Å². The number of nitrogens with zero attached hydrogens (tertiary/aromatic N) is 1. The van der Waals surface area contributed by atoms with Gasteiger partial charge >= 0.3 is 6.18 Å². The topological polar surface area (TPSA) is 62.7 Å². The molecule has 1 aliphatic heterocycles. The summed E-state index contributed by atoms with van der Waals surface area (Å²) in [6.45, 7) is 0. The van der Waals surface area contributed by atoms with E-state index in [9.17, 15) is 18.0 Å². The minimum Gasteiger partial charge on any atom is -0.374 e. The maximum Gasteiger partial charge on any atom is 0.435 e. The van der Waals surface area contributed by atoms with Gasteiger partial charge < -0.3 is 4.84 Å². The van der Waals surface area contributed by atoms with Crippen LogP contribution in [0.2, 0.25) is 15.1 Å². The van der Waals surface area contributed by atoms with Crippen molar-refractivity contribution in [2.24, 2.45) is 5.16 Å². The molecule has 1 atom stereocenters. The number of carbonyl (C=O) groups excluding carboxylic acids is 1. The molecule has 0 saturated carbocycles. The van der Waals surface area contributed by atoms with Crippen LogP contribution in [0.3, 0.4) is 0 Å². The highest BCUT2D eigenvalue weighted by atomic mass is 35.5. The zero-order chi connectivity index (χ0) is 25.2. The summed E-state index contributed by atoms with van der Waals surface area (Å²) >= 11 is 18.1. The van der Waals surface area contributed by atoms with Crippen molar-refractivity contribution in [2.75, 3.05) is 5.43 Å². The lowest BCUT2D eigenvalue weighted by atomic mass is 9.86. The lowest BCUT2D eigenvalue weighted by Crippen LogP contribution is -2.42. The molecule has 0 aromatic heterocycles. The molecule has 0 aliphatic carbocycles. The van der Waals surface area contributed by atoms with Crippen LogP contribution in [0.4, 0.5) is 18.9 Å². The highest BCUT2D eigenvalue weighted by Gasteiger charge is 2.62. The van der Waals surface area contributed by atoms with Crippen molar-refractivity contribution >= 4 is 52.1 Å². The number of hydrogen-bond donors (Lipinski definition) is 2. The number of anilines is 1. The lowest BCUT2D eigenvalue weighted by molar-refractivity contribution is -0.275. The molecule has 0 bridgehead atoms. The predicted molar refractivity (Wildman–Crippen MR) is 130 cm³/mol. The van der Waals surface area contributed by atoms with E-state index in [4.69, 9.17) is 39.6 Å². The van der Waals surface area contributed by atoms with E-state index in [2.05, 4.69) is 16.0 Å². The summed E-state index contributed by atoms with van der Waals surface area (Å²) < 4.78 is 42.7. The molecule has 3 aromatic carbocycles. The second kappa shape index (κ2) is 9.97. The monoisotopic (exact) mass is 541 g/mol. The van der Waals surface area contributed by atoms with E-state index in [1.807, 2.05) is 30.3 Å². The summed E-state index contributed by atoms with van der Waals surface area (Å²) in [5.74, 6) is -0.326. The highest BCUT2D eigenvalue weighted by molar-refractivity contribution is 6.34. The number of benzene rings is 3. The normalized spacial score (nSPS) is 17.5. The Morgan fingerprint density at radius 1 is 1.00 bits per heavy atom. The molecule has 5 nitrogen and oxygen atoms in total. The molecule has 3 aromatic rings. The third-order valence-electron chi connectivity index (χ3n) is 5.36. The van der Waals surface area contributed by atoms with Gasteiger partial charge in [-0.1, -0.05) is 76.4 Å². The summed E-state index contributed by atoms with van der Waals surface area (Å²) in [4.78, 5) is 17.3. The fourth-order valence-corrected chi connectivity index (χ4v) is 4.30. The molecule has 1 aliphatic rings. The molecular formula is C24H17Cl3F3N3O2. The number of hydrogen-bond acceptors (Lipinski definition) is 4. The maximum absolute atomic E-state index is 14.2. The summed E-state index contributed by atoms with van der Waals surface area (Å²) in [6, 6.07) is 17.2. The minimum atomic E-state index is -4.81. The Balaban J connectivity index is 1.53. The smallest absolute Gasteiger partial charge is 0.374 e. The fraction of sp³-hybridized carbons (Fsp3) is 0.167. The quantitative estimate of drug-likeness (QED) is 0.333. The van der Waals surface area contributed by atoms with E-state index in [0.717, 1.165) is 17.7 Å². The van der Waals surface area contributed by atoms with Gasteiger partial charge in [-0.25, -0.2) is 0 Å². The first kappa shape index (κ1) is 25.2. The van der Waals surface area contributed by atoms with Crippen LogP contribution < -0.4 is 10.9 Å². The van der Waals surface area contributed by atoms with Gasteiger partial charge in [0, 0.05) is 27.6 Å². The van der Waals surface area contributed by atoms with Crippen LogP contribution in [-0.2, 0) is 21.7 Å². The zero-order valence-electron chi connectivity index (χ0n) is 17.8. The molecule has 35 heavy (non-hydrogen) atoms. The SMILES string of the molecule is O=C(Cc1ccccc1)NNc1cc(C2=NOC(c3cc(Cl)cc(Cl)c3)(C(F)(F)F)C2)ccc1Cl. The first-order chi connectivity index (χ1) is 16.6. The van der Waals surface area contributed by atoms with Crippen LogP contribution in [0.15, 0.2) is 71.9 Å². The molecule has 4 rings (SSSR count). The molecule has 11 heteroatoms. The van der Waals surface area contributed by atoms with Crippen LogP contribution in [0.5, 0.6) is 0 Å².